The summed E-state index contributed by atoms with van der Waals surface area (Å²) < 4.78 is 0. The highest BCUT2D eigenvalue weighted by molar-refractivity contribution is 8.15. The van der Waals surface area contributed by atoms with E-state index in [2.05, 4.69) is 20.8 Å². The molecular weight excluding hydrogens is 360 g/mol. The summed E-state index contributed by atoms with van der Waals surface area (Å²) in [6, 6.07) is 15.2. The van der Waals surface area contributed by atoms with Crippen molar-refractivity contribution in [3.8, 4) is 0 Å². The van der Waals surface area contributed by atoms with Crippen LogP contribution in [-0.2, 0) is 9.59 Å². The second kappa shape index (κ2) is 8.64. The average Bonchev–Trinajstić information content (AvgIpc) is 2.65. The fourth-order valence-electron chi connectivity index (χ4n) is 2.47. The summed E-state index contributed by atoms with van der Waals surface area (Å²) in [5.41, 5.74) is 3.87. The van der Waals surface area contributed by atoms with Crippen molar-refractivity contribution in [1.82, 2.24) is 5.32 Å². The van der Waals surface area contributed by atoms with E-state index in [4.69, 9.17) is 0 Å². The number of amides is 2. The molecule has 0 bridgehead atoms. The standard InChI is InChI=1S/C20H20N4O2S/c1-13-8-9-16(10-14(13)2)22-19(26)17-11-18(25)23-20(27-17)24-21-12-15-6-4-3-5-7-15/h3-10,12,17H,11H2,1-2H3,(H,22,26)(H,23,24,25)/b21-12+. The van der Waals surface area contributed by atoms with Gasteiger partial charge in [0.1, 0.15) is 5.25 Å². The van der Waals surface area contributed by atoms with E-state index in [-0.39, 0.29) is 18.2 Å². The van der Waals surface area contributed by atoms with Gasteiger partial charge in [-0.05, 0) is 42.7 Å². The summed E-state index contributed by atoms with van der Waals surface area (Å²) in [7, 11) is 0. The summed E-state index contributed by atoms with van der Waals surface area (Å²) in [6.07, 6.45) is 1.70. The van der Waals surface area contributed by atoms with Gasteiger partial charge in [-0.15, -0.1) is 5.10 Å². The maximum atomic E-state index is 12.5. The van der Waals surface area contributed by atoms with E-state index in [0.717, 1.165) is 22.4 Å². The van der Waals surface area contributed by atoms with Crippen molar-refractivity contribution in [3.63, 3.8) is 0 Å². The molecule has 1 aliphatic heterocycles. The summed E-state index contributed by atoms with van der Waals surface area (Å²) in [5, 5.41) is 13.3. The van der Waals surface area contributed by atoms with Crippen molar-refractivity contribution < 1.29 is 9.59 Å². The maximum absolute atomic E-state index is 12.5. The van der Waals surface area contributed by atoms with Crippen LogP contribution in [0.25, 0.3) is 0 Å². The molecule has 27 heavy (non-hydrogen) atoms. The minimum Gasteiger partial charge on any atom is -0.325 e. The average molecular weight is 380 g/mol. The molecule has 0 spiro atoms. The Kier molecular flexibility index (Phi) is 6.03. The molecule has 1 heterocycles. The van der Waals surface area contributed by atoms with Gasteiger partial charge >= 0.3 is 0 Å². The molecule has 7 heteroatoms. The van der Waals surface area contributed by atoms with Gasteiger partial charge in [0.2, 0.25) is 11.8 Å². The van der Waals surface area contributed by atoms with Crippen molar-refractivity contribution >= 4 is 40.6 Å². The number of carbonyl (C=O) groups excluding carboxylic acids is 2. The van der Waals surface area contributed by atoms with E-state index in [9.17, 15) is 9.59 Å². The van der Waals surface area contributed by atoms with Crippen LogP contribution >= 0.6 is 11.8 Å². The van der Waals surface area contributed by atoms with E-state index in [1.165, 1.54) is 11.8 Å². The second-order valence-corrected chi connectivity index (χ2v) is 7.40. The molecule has 3 rings (SSSR count). The molecule has 1 saturated heterocycles. The number of nitrogens with zero attached hydrogens (tertiary/aromatic N) is 2. The van der Waals surface area contributed by atoms with Crippen LogP contribution < -0.4 is 10.6 Å². The lowest BCUT2D eigenvalue weighted by Crippen LogP contribution is -2.41. The Hall–Kier alpha value is -2.93. The highest BCUT2D eigenvalue weighted by atomic mass is 32.2. The largest absolute Gasteiger partial charge is 0.325 e. The molecule has 1 unspecified atom stereocenters. The molecule has 1 atom stereocenters. The first kappa shape index (κ1) is 18.8. The molecule has 1 fully saturated rings. The van der Waals surface area contributed by atoms with E-state index in [0.29, 0.717) is 5.17 Å². The van der Waals surface area contributed by atoms with E-state index < -0.39 is 5.25 Å². The first-order valence-corrected chi connectivity index (χ1v) is 9.40. The predicted molar refractivity (Wildman–Crippen MR) is 110 cm³/mol. The van der Waals surface area contributed by atoms with Gasteiger partial charge in [-0.1, -0.05) is 48.2 Å². The van der Waals surface area contributed by atoms with Crippen molar-refractivity contribution in [2.24, 2.45) is 10.2 Å². The Labute approximate surface area is 162 Å². The monoisotopic (exact) mass is 380 g/mol. The summed E-state index contributed by atoms with van der Waals surface area (Å²) in [5.74, 6) is -0.472. The molecule has 0 saturated carbocycles. The topological polar surface area (TPSA) is 82.9 Å². The number of anilines is 1. The van der Waals surface area contributed by atoms with Gasteiger partial charge in [0.15, 0.2) is 5.17 Å². The molecule has 0 aliphatic carbocycles. The maximum Gasteiger partial charge on any atom is 0.238 e. The van der Waals surface area contributed by atoms with E-state index in [1.54, 1.807) is 6.21 Å². The van der Waals surface area contributed by atoms with E-state index >= 15 is 0 Å². The number of amidine groups is 1. The zero-order valence-corrected chi connectivity index (χ0v) is 15.9. The molecule has 1 aliphatic rings. The zero-order chi connectivity index (χ0) is 19.2. The third-order valence-corrected chi connectivity index (χ3v) is 5.17. The molecule has 2 aromatic rings. The highest BCUT2D eigenvalue weighted by Gasteiger charge is 2.30. The first-order chi connectivity index (χ1) is 13.0. The lowest BCUT2D eigenvalue weighted by Gasteiger charge is -2.21. The number of aryl methyl sites for hydroxylation is 2. The Morgan fingerprint density at radius 2 is 1.96 bits per heavy atom. The van der Waals surface area contributed by atoms with Gasteiger partial charge in [-0.25, -0.2) is 0 Å². The van der Waals surface area contributed by atoms with Crippen LogP contribution in [0.2, 0.25) is 0 Å². The second-order valence-electron chi connectivity index (χ2n) is 6.21. The van der Waals surface area contributed by atoms with Crippen LogP contribution in [0.1, 0.15) is 23.1 Å². The summed E-state index contributed by atoms with van der Waals surface area (Å²) in [4.78, 5) is 24.5. The van der Waals surface area contributed by atoms with Crippen LogP contribution in [0.15, 0.2) is 58.7 Å². The van der Waals surface area contributed by atoms with Crippen molar-refractivity contribution in [1.29, 1.82) is 0 Å². The number of rotatable bonds is 4. The third kappa shape index (κ3) is 5.27. The van der Waals surface area contributed by atoms with Crippen LogP contribution in [0.3, 0.4) is 0 Å². The number of carbonyl (C=O) groups is 2. The van der Waals surface area contributed by atoms with Gasteiger partial charge < -0.3 is 10.6 Å². The molecule has 0 aromatic heterocycles. The number of thioether (sulfide) groups is 1. The van der Waals surface area contributed by atoms with Crippen LogP contribution in [0, 0.1) is 13.8 Å². The van der Waals surface area contributed by atoms with Crippen LogP contribution in [0.4, 0.5) is 5.69 Å². The Morgan fingerprint density at radius 1 is 1.19 bits per heavy atom. The molecule has 2 aromatic carbocycles. The smallest absolute Gasteiger partial charge is 0.238 e. The lowest BCUT2D eigenvalue weighted by molar-refractivity contribution is -0.123. The summed E-state index contributed by atoms with van der Waals surface area (Å²) >= 11 is 1.20. The van der Waals surface area contributed by atoms with Gasteiger partial charge in [0.05, 0.1) is 6.21 Å². The minimum atomic E-state index is -0.550. The fraction of sp³-hybridized carbons (Fsp3) is 0.200. The van der Waals surface area contributed by atoms with Crippen molar-refractivity contribution in [2.75, 3.05) is 5.32 Å². The fourth-order valence-corrected chi connectivity index (χ4v) is 3.41. The quantitative estimate of drug-likeness (QED) is 0.631. The molecule has 2 amide bonds. The van der Waals surface area contributed by atoms with Gasteiger partial charge in [-0.2, -0.15) is 5.10 Å². The first-order valence-electron chi connectivity index (χ1n) is 8.52. The Bertz CT molecular complexity index is 909. The Morgan fingerprint density at radius 3 is 2.70 bits per heavy atom. The van der Waals surface area contributed by atoms with Gasteiger partial charge in [0, 0.05) is 12.1 Å². The van der Waals surface area contributed by atoms with E-state index in [1.807, 2.05) is 62.4 Å². The van der Waals surface area contributed by atoms with Gasteiger partial charge in [-0.3, -0.25) is 9.59 Å². The van der Waals surface area contributed by atoms with Crippen LogP contribution in [0.5, 0.6) is 0 Å². The molecule has 0 radical (unpaired) electrons. The molecule has 138 valence electrons. The highest BCUT2D eigenvalue weighted by Crippen LogP contribution is 2.23. The SMILES string of the molecule is Cc1ccc(NC(=O)C2CC(=O)N/C(=N\N=C\c3ccccc3)S2)cc1C. The number of benzene rings is 2. The molecule has 2 N–H and O–H groups in total. The third-order valence-electron chi connectivity index (χ3n) is 4.09. The minimum absolute atomic E-state index is 0.1000. The zero-order valence-electron chi connectivity index (χ0n) is 15.1. The number of hydrogen-bond acceptors (Lipinski definition) is 5. The van der Waals surface area contributed by atoms with Crippen LogP contribution in [-0.4, -0.2) is 28.4 Å². The van der Waals surface area contributed by atoms with Gasteiger partial charge in [0.25, 0.3) is 0 Å². The number of hydrogen-bond donors (Lipinski definition) is 2. The van der Waals surface area contributed by atoms with Crippen molar-refractivity contribution in [3.05, 3.63) is 65.2 Å². The van der Waals surface area contributed by atoms with Crippen molar-refractivity contribution in [2.45, 2.75) is 25.5 Å². The molecule has 6 nitrogen and oxygen atoms in total. The summed E-state index contributed by atoms with van der Waals surface area (Å²) in [6.45, 7) is 4.00. The molecular formula is C20H20N4O2S. The Balaban J connectivity index is 1.66. The predicted octanol–water partition coefficient (Wildman–Crippen LogP) is 3.25. The normalized spacial score (nSPS) is 18.5. The number of nitrogens with one attached hydrogen (secondary N) is 2. The lowest BCUT2D eigenvalue weighted by atomic mass is 10.1.